The standard InChI is InChI=1S/C19H29N3O3/c1-15-6-8-17(9-7-15)25-14-4-5-18(23)22-12-10-16(11-13-22)20-19(24)21(2)3/h6-9,16H,4-5,10-14H2,1-3H3,(H,20,24). The molecule has 1 saturated heterocycles. The van der Waals surface area contributed by atoms with Crippen molar-refractivity contribution < 1.29 is 14.3 Å². The van der Waals surface area contributed by atoms with E-state index in [1.165, 1.54) is 10.5 Å². The highest BCUT2D eigenvalue weighted by atomic mass is 16.5. The van der Waals surface area contributed by atoms with Gasteiger partial charge in [0.25, 0.3) is 0 Å². The molecule has 0 aromatic heterocycles. The zero-order chi connectivity index (χ0) is 18.2. The maximum absolute atomic E-state index is 12.3. The van der Waals surface area contributed by atoms with Crippen LogP contribution in [-0.2, 0) is 4.79 Å². The molecule has 1 aromatic rings. The molecule has 1 heterocycles. The number of rotatable bonds is 6. The number of likely N-dealkylation sites (tertiary alicyclic amines) is 1. The van der Waals surface area contributed by atoms with Crippen molar-refractivity contribution >= 4 is 11.9 Å². The summed E-state index contributed by atoms with van der Waals surface area (Å²) in [6.45, 7) is 3.99. The van der Waals surface area contributed by atoms with Gasteiger partial charge < -0.3 is 19.9 Å². The number of carbonyl (C=O) groups excluding carboxylic acids is 2. The maximum Gasteiger partial charge on any atom is 0.317 e. The molecule has 6 nitrogen and oxygen atoms in total. The van der Waals surface area contributed by atoms with Crippen LogP contribution in [0.5, 0.6) is 5.75 Å². The molecule has 0 saturated carbocycles. The average Bonchev–Trinajstić information content (AvgIpc) is 2.60. The van der Waals surface area contributed by atoms with E-state index in [-0.39, 0.29) is 18.0 Å². The molecule has 3 amide bonds. The van der Waals surface area contributed by atoms with Gasteiger partial charge in [-0.3, -0.25) is 4.79 Å². The fraction of sp³-hybridized carbons (Fsp3) is 0.579. The molecule has 0 atom stereocenters. The van der Waals surface area contributed by atoms with Crippen molar-refractivity contribution in [1.29, 1.82) is 0 Å². The van der Waals surface area contributed by atoms with Crippen LogP contribution in [0, 0.1) is 6.92 Å². The van der Waals surface area contributed by atoms with Gasteiger partial charge in [0.1, 0.15) is 5.75 Å². The van der Waals surface area contributed by atoms with Gasteiger partial charge in [-0.1, -0.05) is 17.7 Å². The first-order chi connectivity index (χ1) is 12.0. The van der Waals surface area contributed by atoms with Gasteiger partial charge in [0.15, 0.2) is 0 Å². The van der Waals surface area contributed by atoms with Crippen molar-refractivity contribution in [3.05, 3.63) is 29.8 Å². The van der Waals surface area contributed by atoms with Crippen LogP contribution >= 0.6 is 0 Å². The number of amides is 3. The summed E-state index contributed by atoms with van der Waals surface area (Å²) < 4.78 is 5.66. The van der Waals surface area contributed by atoms with E-state index in [0.717, 1.165) is 18.6 Å². The lowest BCUT2D eigenvalue weighted by Gasteiger charge is -2.33. The fourth-order valence-electron chi connectivity index (χ4n) is 2.78. The van der Waals surface area contributed by atoms with Crippen LogP contribution in [0.1, 0.15) is 31.2 Å². The number of ether oxygens (including phenoxy) is 1. The van der Waals surface area contributed by atoms with E-state index >= 15 is 0 Å². The van der Waals surface area contributed by atoms with Crippen LogP contribution in [0.15, 0.2) is 24.3 Å². The Bertz CT molecular complexity index is 564. The quantitative estimate of drug-likeness (QED) is 0.804. The molecule has 1 fully saturated rings. The van der Waals surface area contributed by atoms with Crippen LogP contribution in [-0.4, -0.2) is 61.6 Å². The van der Waals surface area contributed by atoms with Crippen molar-refractivity contribution in [3.63, 3.8) is 0 Å². The SMILES string of the molecule is Cc1ccc(OCCCC(=O)N2CCC(NC(=O)N(C)C)CC2)cc1. The number of piperidine rings is 1. The summed E-state index contributed by atoms with van der Waals surface area (Å²) in [7, 11) is 3.46. The lowest BCUT2D eigenvalue weighted by Crippen LogP contribution is -2.48. The Morgan fingerprint density at radius 1 is 1.20 bits per heavy atom. The molecule has 1 aliphatic heterocycles. The maximum atomic E-state index is 12.3. The second-order valence-electron chi connectivity index (χ2n) is 6.76. The summed E-state index contributed by atoms with van der Waals surface area (Å²) >= 11 is 0. The monoisotopic (exact) mass is 347 g/mol. The van der Waals surface area contributed by atoms with Crippen molar-refractivity contribution in [3.8, 4) is 5.75 Å². The first kappa shape index (κ1) is 19.1. The van der Waals surface area contributed by atoms with Gasteiger partial charge in [0.05, 0.1) is 6.61 Å². The van der Waals surface area contributed by atoms with Gasteiger partial charge in [0.2, 0.25) is 5.91 Å². The van der Waals surface area contributed by atoms with Crippen molar-refractivity contribution in [2.24, 2.45) is 0 Å². The molecule has 0 spiro atoms. The van der Waals surface area contributed by atoms with Gasteiger partial charge >= 0.3 is 6.03 Å². The Morgan fingerprint density at radius 3 is 2.44 bits per heavy atom. The number of benzene rings is 1. The Hall–Kier alpha value is -2.24. The Morgan fingerprint density at radius 2 is 1.84 bits per heavy atom. The van der Waals surface area contributed by atoms with E-state index in [9.17, 15) is 9.59 Å². The molecule has 1 aromatic carbocycles. The van der Waals surface area contributed by atoms with Gasteiger partial charge in [-0.2, -0.15) is 0 Å². The number of aryl methyl sites for hydroxylation is 1. The summed E-state index contributed by atoms with van der Waals surface area (Å²) in [5.41, 5.74) is 1.20. The number of hydrogen-bond acceptors (Lipinski definition) is 3. The second kappa shape index (κ2) is 9.30. The van der Waals surface area contributed by atoms with E-state index in [0.29, 0.717) is 32.5 Å². The van der Waals surface area contributed by atoms with Crippen LogP contribution < -0.4 is 10.1 Å². The largest absolute Gasteiger partial charge is 0.494 e. The Balaban J connectivity index is 1.62. The molecular formula is C19H29N3O3. The zero-order valence-electron chi connectivity index (χ0n) is 15.5. The van der Waals surface area contributed by atoms with Crippen LogP contribution in [0.3, 0.4) is 0 Å². The molecule has 1 aliphatic rings. The van der Waals surface area contributed by atoms with Gasteiger partial charge in [0, 0.05) is 39.6 Å². The van der Waals surface area contributed by atoms with Gasteiger partial charge in [-0.25, -0.2) is 4.79 Å². The molecule has 25 heavy (non-hydrogen) atoms. The van der Waals surface area contributed by atoms with E-state index in [1.54, 1.807) is 14.1 Å². The normalized spacial score (nSPS) is 14.9. The molecule has 6 heteroatoms. The van der Waals surface area contributed by atoms with Gasteiger partial charge in [-0.15, -0.1) is 0 Å². The zero-order valence-corrected chi connectivity index (χ0v) is 15.5. The minimum atomic E-state index is -0.0713. The molecule has 0 radical (unpaired) electrons. The number of hydrogen-bond donors (Lipinski definition) is 1. The number of carbonyl (C=O) groups is 2. The van der Waals surface area contributed by atoms with E-state index in [1.807, 2.05) is 36.1 Å². The summed E-state index contributed by atoms with van der Waals surface area (Å²) in [6.07, 6.45) is 2.83. The van der Waals surface area contributed by atoms with E-state index < -0.39 is 0 Å². The first-order valence-electron chi connectivity index (χ1n) is 8.91. The highest BCUT2D eigenvalue weighted by Gasteiger charge is 2.23. The molecule has 1 N–H and O–H groups in total. The Labute approximate surface area is 150 Å². The lowest BCUT2D eigenvalue weighted by atomic mass is 10.0. The minimum absolute atomic E-state index is 0.0713. The number of urea groups is 1. The second-order valence-corrected chi connectivity index (χ2v) is 6.76. The molecular weight excluding hydrogens is 318 g/mol. The summed E-state index contributed by atoms with van der Waals surface area (Å²) in [5.74, 6) is 1.01. The molecule has 0 unspecified atom stereocenters. The Kier molecular flexibility index (Phi) is 7.10. The third kappa shape index (κ3) is 6.29. The predicted molar refractivity (Wildman–Crippen MR) is 97.7 cm³/mol. The third-order valence-electron chi connectivity index (χ3n) is 4.41. The summed E-state index contributed by atoms with van der Waals surface area (Å²) in [4.78, 5) is 27.3. The molecule has 2 rings (SSSR count). The highest BCUT2D eigenvalue weighted by Crippen LogP contribution is 2.14. The van der Waals surface area contributed by atoms with E-state index in [2.05, 4.69) is 5.32 Å². The van der Waals surface area contributed by atoms with Crippen LogP contribution in [0.2, 0.25) is 0 Å². The topological polar surface area (TPSA) is 61.9 Å². The highest BCUT2D eigenvalue weighted by molar-refractivity contribution is 5.76. The fourth-order valence-corrected chi connectivity index (χ4v) is 2.78. The molecule has 0 bridgehead atoms. The van der Waals surface area contributed by atoms with Crippen LogP contribution in [0.4, 0.5) is 4.79 Å². The van der Waals surface area contributed by atoms with Crippen LogP contribution in [0.25, 0.3) is 0 Å². The molecule has 0 aliphatic carbocycles. The summed E-state index contributed by atoms with van der Waals surface area (Å²) in [5, 5.41) is 2.98. The predicted octanol–water partition coefficient (Wildman–Crippen LogP) is 2.42. The van der Waals surface area contributed by atoms with Crippen molar-refractivity contribution in [2.45, 2.75) is 38.6 Å². The number of nitrogens with zero attached hydrogens (tertiary/aromatic N) is 2. The van der Waals surface area contributed by atoms with Gasteiger partial charge in [-0.05, 0) is 38.3 Å². The molecule has 138 valence electrons. The summed E-state index contributed by atoms with van der Waals surface area (Å²) in [6, 6.07) is 8.01. The third-order valence-corrected chi connectivity index (χ3v) is 4.41. The minimum Gasteiger partial charge on any atom is -0.494 e. The smallest absolute Gasteiger partial charge is 0.317 e. The van der Waals surface area contributed by atoms with Crippen molar-refractivity contribution in [2.75, 3.05) is 33.8 Å². The average molecular weight is 347 g/mol. The van der Waals surface area contributed by atoms with E-state index in [4.69, 9.17) is 4.74 Å². The van der Waals surface area contributed by atoms with Crippen molar-refractivity contribution in [1.82, 2.24) is 15.1 Å². The lowest BCUT2D eigenvalue weighted by molar-refractivity contribution is -0.132. The first-order valence-corrected chi connectivity index (χ1v) is 8.91. The number of nitrogens with one attached hydrogen (secondary N) is 1.